The van der Waals surface area contributed by atoms with E-state index >= 15 is 0 Å². The van der Waals surface area contributed by atoms with Gasteiger partial charge >= 0.3 is 6.57 Å². The van der Waals surface area contributed by atoms with E-state index in [-0.39, 0.29) is 0 Å². The molecule has 6 nitrogen and oxygen atoms in total. The Bertz CT molecular complexity index is 719. The highest BCUT2D eigenvalue weighted by Gasteiger charge is 2.23. The summed E-state index contributed by atoms with van der Waals surface area (Å²) in [4.78, 5) is 8.39. The molecule has 2 bridgehead atoms. The molecule has 0 saturated heterocycles. The summed E-state index contributed by atoms with van der Waals surface area (Å²) in [5.41, 5.74) is 4.89. The van der Waals surface area contributed by atoms with E-state index in [9.17, 15) is 0 Å². The molecule has 0 saturated carbocycles. The van der Waals surface area contributed by atoms with Gasteiger partial charge in [-0.3, -0.25) is 0 Å². The van der Waals surface area contributed by atoms with Crippen molar-refractivity contribution >= 4 is 5.90 Å². The average molecular weight is 355 g/mol. The fourth-order valence-electron chi connectivity index (χ4n) is 2.64. The lowest BCUT2D eigenvalue weighted by atomic mass is 10.0. The number of ether oxygens (including phenoxy) is 2. The molecule has 138 valence electrons. The molecule has 0 aromatic rings. The first kappa shape index (κ1) is 19.6. The number of hydrogen-bond donors (Lipinski definition) is 1. The minimum Gasteiger partial charge on any atom is -0.485 e. The van der Waals surface area contributed by atoms with Gasteiger partial charge in [0.15, 0.2) is 5.76 Å². The maximum Gasteiger partial charge on any atom is 0.305 e. The summed E-state index contributed by atoms with van der Waals surface area (Å²) in [7, 11) is 0. The molecule has 0 amide bonds. The lowest BCUT2D eigenvalue weighted by Crippen LogP contribution is -2.22. The van der Waals surface area contributed by atoms with Crippen LogP contribution in [-0.4, -0.2) is 37.2 Å². The van der Waals surface area contributed by atoms with Crippen LogP contribution in [0.3, 0.4) is 0 Å². The van der Waals surface area contributed by atoms with Gasteiger partial charge in [0.05, 0.1) is 17.8 Å². The van der Waals surface area contributed by atoms with Crippen LogP contribution < -0.4 is 5.32 Å². The van der Waals surface area contributed by atoms with Crippen molar-refractivity contribution in [2.75, 3.05) is 26.3 Å². The van der Waals surface area contributed by atoms with E-state index in [0.717, 1.165) is 43.5 Å². The second kappa shape index (κ2) is 10.3. The van der Waals surface area contributed by atoms with Crippen LogP contribution in [0.4, 0.5) is 0 Å². The predicted octanol–water partition coefficient (Wildman–Crippen LogP) is 3.75. The Morgan fingerprint density at radius 2 is 2.23 bits per heavy atom. The molecule has 2 heterocycles. The van der Waals surface area contributed by atoms with E-state index in [1.54, 1.807) is 17.3 Å². The maximum atomic E-state index is 5.79. The standard InChI is InChI=1S/C20H27N4O2/c1-5-8-17-15-18(6-2)25-14-11-22-10-7-13-26-19-9-12-24(21-4)20(23-19)16(17)3/h4,9,12,15,22H,2,5,7-8,10-11,13-14H2,1,3H3/q+1. The van der Waals surface area contributed by atoms with Crippen LogP contribution in [0.15, 0.2) is 58.4 Å². The van der Waals surface area contributed by atoms with Gasteiger partial charge in [-0.15, -0.1) is 0 Å². The fraction of sp³-hybridized carbons (Fsp3) is 0.450. The molecule has 0 radical (unpaired) electrons. The summed E-state index contributed by atoms with van der Waals surface area (Å²) in [6.07, 6.45) is 8.18. The number of nitrogens with one attached hydrogen (secondary N) is 1. The van der Waals surface area contributed by atoms with Crippen LogP contribution in [0, 0.1) is 6.57 Å². The molecular formula is C20H27N4O2+. The molecule has 2 rings (SSSR count). The molecule has 0 unspecified atom stereocenters. The quantitative estimate of drug-likeness (QED) is 0.767. The van der Waals surface area contributed by atoms with Crippen LogP contribution in [0.25, 0.3) is 4.95 Å². The van der Waals surface area contributed by atoms with Crippen LogP contribution >= 0.6 is 0 Å². The van der Waals surface area contributed by atoms with Crippen molar-refractivity contribution in [2.24, 2.45) is 4.99 Å². The van der Waals surface area contributed by atoms with Gasteiger partial charge in [0.25, 0.3) is 0 Å². The molecule has 0 aromatic carbocycles. The first-order valence-corrected chi connectivity index (χ1v) is 8.94. The summed E-state index contributed by atoms with van der Waals surface area (Å²) < 4.78 is 11.6. The summed E-state index contributed by atoms with van der Waals surface area (Å²) in [6, 6.07) is 0. The van der Waals surface area contributed by atoms with Crippen molar-refractivity contribution in [1.82, 2.24) is 10.3 Å². The van der Waals surface area contributed by atoms with Crippen molar-refractivity contribution < 1.29 is 9.47 Å². The van der Waals surface area contributed by atoms with Gasteiger partial charge in [-0.2, -0.15) is 4.99 Å². The van der Waals surface area contributed by atoms with Gasteiger partial charge in [-0.05, 0) is 38.0 Å². The number of hydrogen-bond acceptors (Lipinski definition) is 5. The summed E-state index contributed by atoms with van der Waals surface area (Å²) in [6.45, 7) is 16.1. The van der Waals surface area contributed by atoms with Gasteiger partial charge in [-0.1, -0.05) is 25.7 Å². The zero-order valence-electron chi connectivity index (χ0n) is 15.6. The first-order valence-electron chi connectivity index (χ1n) is 8.94. The molecule has 0 aromatic heterocycles. The predicted molar refractivity (Wildman–Crippen MR) is 104 cm³/mol. The second-order valence-corrected chi connectivity index (χ2v) is 5.94. The molecule has 2 aliphatic rings. The molecule has 0 spiro atoms. The van der Waals surface area contributed by atoms with Crippen molar-refractivity contribution in [2.45, 2.75) is 33.1 Å². The molecule has 0 fully saturated rings. The largest absolute Gasteiger partial charge is 0.485 e. The summed E-state index contributed by atoms with van der Waals surface area (Å²) in [5.74, 6) is 1.81. The number of fused-ring (bicyclic) bond motifs is 1. The third-order valence-corrected chi connectivity index (χ3v) is 4.02. The van der Waals surface area contributed by atoms with Crippen molar-refractivity contribution in [3.63, 3.8) is 0 Å². The lowest BCUT2D eigenvalue weighted by molar-refractivity contribution is 0.223. The third-order valence-electron chi connectivity index (χ3n) is 4.02. The summed E-state index contributed by atoms with van der Waals surface area (Å²) in [5, 5.41) is 4.87. The van der Waals surface area contributed by atoms with Gasteiger partial charge in [0.1, 0.15) is 6.61 Å². The Balaban J connectivity index is 2.47. The minimum absolute atomic E-state index is 0.553. The maximum absolute atomic E-state index is 5.79. The monoisotopic (exact) mass is 355 g/mol. The number of rotatable bonds is 2. The van der Waals surface area contributed by atoms with Crippen LogP contribution in [0.5, 0.6) is 0 Å². The van der Waals surface area contributed by atoms with Crippen LogP contribution in [0.1, 0.15) is 33.1 Å². The topological polar surface area (TPSA) is 50.5 Å². The molecule has 0 aliphatic carbocycles. The lowest BCUT2D eigenvalue weighted by Gasteiger charge is -2.16. The summed E-state index contributed by atoms with van der Waals surface area (Å²) >= 11 is 0. The van der Waals surface area contributed by atoms with E-state index in [1.165, 1.54) is 0 Å². The highest BCUT2D eigenvalue weighted by molar-refractivity contribution is 5.89. The van der Waals surface area contributed by atoms with Crippen molar-refractivity contribution in [3.8, 4) is 6.57 Å². The van der Waals surface area contributed by atoms with Crippen molar-refractivity contribution in [3.05, 3.63) is 58.3 Å². The Hall–Kier alpha value is -2.74. The SMILES string of the molecule is C#[N+]N1C=CC2=NC1=C(C)C(CCC)=CC(=C=C)OCCNCCCO2. The Morgan fingerprint density at radius 1 is 1.38 bits per heavy atom. The van der Waals surface area contributed by atoms with Crippen molar-refractivity contribution in [1.29, 1.82) is 0 Å². The molecule has 6 heteroatoms. The van der Waals surface area contributed by atoms with Gasteiger partial charge in [0, 0.05) is 23.2 Å². The Kier molecular flexibility index (Phi) is 7.75. The smallest absolute Gasteiger partial charge is 0.305 e. The van der Waals surface area contributed by atoms with E-state index < -0.39 is 0 Å². The average Bonchev–Trinajstić information content (AvgIpc) is 2.67. The third kappa shape index (κ3) is 5.38. The highest BCUT2D eigenvalue weighted by Crippen LogP contribution is 2.26. The minimum atomic E-state index is 0.553. The normalized spacial score (nSPS) is 19.1. The number of nitrogens with zero attached hydrogens (tertiary/aromatic N) is 3. The molecular weight excluding hydrogens is 328 g/mol. The van der Waals surface area contributed by atoms with E-state index in [0.29, 0.717) is 30.7 Å². The number of allylic oxidation sites excluding steroid dienone is 3. The van der Waals surface area contributed by atoms with Gasteiger partial charge in [-0.25, -0.2) is 0 Å². The second-order valence-electron chi connectivity index (χ2n) is 5.94. The fourth-order valence-corrected chi connectivity index (χ4v) is 2.64. The first-order chi connectivity index (χ1) is 12.7. The van der Waals surface area contributed by atoms with Crippen LogP contribution in [0.2, 0.25) is 0 Å². The molecule has 2 aliphatic heterocycles. The number of aliphatic imine (C=N–C) groups is 1. The highest BCUT2D eigenvalue weighted by atomic mass is 16.5. The Labute approximate surface area is 155 Å². The zero-order chi connectivity index (χ0) is 18.8. The van der Waals surface area contributed by atoms with E-state index in [1.807, 2.05) is 13.0 Å². The van der Waals surface area contributed by atoms with E-state index in [2.05, 4.69) is 34.5 Å². The van der Waals surface area contributed by atoms with E-state index in [4.69, 9.17) is 16.0 Å². The molecule has 1 N–H and O–H groups in total. The van der Waals surface area contributed by atoms with Crippen LogP contribution in [-0.2, 0) is 9.47 Å². The van der Waals surface area contributed by atoms with Gasteiger partial charge in [0.2, 0.25) is 11.7 Å². The zero-order valence-corrected chi connectivity index (χ0v) is 15.6. The molecule has 0 atom stereocenters. The molecule has 26 heavy (non-hydrogen) atoms. The van der Waals surface area contributed by atoms with Gasteiger partial charge < -0.3 is 14.8 Å². The Morgan fingerprint density at radius 3 is 2.96 bits per heavy atom.